The van der Waals surface area contributed by atoms with Crippen LogP contribution >= 0.6 is 0 Å². The van der Waals surface area contributed by atoms with Crippen LogP contribution in [-0.2, 0) is 19.3 Å². The monoisotopic (exact) mass is 167 g/mol. The van der Waals surface area contributed by atoms with Crippen LogP contribution in [0.25, 0.3) is 0 Å². The van der Waals surface area contributed by atoms with Gasteiger partial charge in [-0.3, -0.25) is 0 Å². The highest BCUT2D eigenvalue weighted by molar-refractivity contribution is 7.80. The van der Waals surface area contributed by atoms with Gasteiger partial charge in [0.15, 0.2) is 6.29 Å². The molecule has 1 saturated heterocycles. The van der Waals surface area contributed by atoms with Crippen LogP contribution in [0.1, 0.15) is 12.8 Å². The molecule has 0 bridgehead atoms. The molecule has 0 spiro atoms. The van der Waals surface area contributed by atoms with Gasteiger partial charge in [-0.05, 0) is 6.42 Å². The lowest BCUT2D eigenvalue weighted by atomic mass is 10.4. The first-order valence-corrected chi connectivity index (χ1v) is 4.17. The Morgan fingerprint density at radius 3 is 2.70 bits per heavy atom. The molecule has 1 unspecified atom stereocenters. The Hall–Kier alpha value is -0.170. The summed E-state index contributed by atoms with van der Waals surface area (Å²) in [5.41, 5.74) is 0. The highest BCUT2D eigenvalue weighted by atomic mass is 32.3. The van der Waals surface area contributed by atoms with Crippen LogP contribution in [0.3, 0.4) is 0 Å². The summed E-state index contributed by atoms with van der Waals surface area (Å²) in [6.45, 7) is 0.459. The van der Waals surface area contributed by atoms with Crippen molar-refractivity contribution in [1.82, 2.24) is 0 Å². The fourth-order valence-electron chi connectivity index (χ4n) is 0.755. The van der Waals surface area contributed by atoms with E-state index < -0.39 is 16.7 Å². The van der Waals surface area contributed by atoms with Crippen molar-refractivity contribution in [1.29, 1.82) is 0 Å². The average molecular weight is 167 g/mol. The zero-order valence-electron chi connectivity index (χ0n) is 5.15. The molecule has 1 heterocycles. The quantitative estimate of drug-likeness (QED) is 0.413. The largest absolute Gasteiger partial charge is 0.725 e. The second-order valence-electron chi connectivity index (χ2n) is 1.95. The molecule has 0 saturated carbocycles. The first-order valence-electron chi connectivity index (χ1n) is 2.83. The van der Waals surface area contributed by atoms with E-state index in [0.717, 1.165) is 6.42 Å². The maximum atomic E-state index is 9.93. The molecular weight excluding hydrogens is 160 g/mol. The summed E-state index contributed by atoms with van der Waals surface area (Å²) in [6.07, 6.45) is 0.365. The van der Waals surface area contributed by atoms with Gasteiger partial charge >= 0.3 is 0 Å². The third kappa shape index (κ3) is 2.61. The molecule has 1 fully saturated rings. The van der Waals surface area contributed by atoms with Gasteiger partial charge < -0.3 is 9.29 Å². The van der Waals surface area contributed by atoms with Gasteiger partial charge in [0, 0.05) is 13.0 Å². The van der Waals surface area contributed by atoms with Crippen molar-refractivity contribution in [2.24, 2.45) is 0 Å². The summed E-state index contributed by atoms with van der Waals surface area (Å²) < 4.78 is 38.5. The molecular formula is C4H7O5S-. The van der Waals surface area contributed by atoms with Gasteiger partial charge in [-0.25, -0.2) is 12.6 Å². The Kier molecular flexibility index (Phi) is 2.24. The second-order valence-corrected chi connectivity index (χ2v) is 2.96. The lowest BCUT2D eigenvalue weighted by Gasteiger charge is -2.12. The van der Waals surface area contributed by atoms with Gasteiger partial charge in [0.2, 0.25) is 10.4 Å². The van der Waals surface area contributed by atoms with Crippen LogP contribution in [-0.4, -0.2) is 25.9 Å². The first kappa shape index (κ1) is 7.93. The molecule has 0 aromatic heterocycles. The van der Waals surface area contributed by atoms with Gasteiger partial charge in [-0.1, -0.05) is 0 Å². The highest BCUT2D eigenvalue weighted by Crippen LogP contribution is 2.14. The molecule has 6 heteroatoms. The van der Waals surface area contributed by atoms with Crippen molar-refractivity contribution in [2.75, 3.05) is 6.61 Å². The van der Waals surface area contributed by atoms with E-state index in [0.29, 0.717) is 13.0 Å². The first-order chi connectivity index (χ1) is 4.58. The van der Waals surface area contributed by atoms with Gasteiger partial charge in [-0.2, -0.15) is 0 Å². The SMILES string of the molecule is O=S(=O)([O-])OC1CCCO1. The molecule has 0 N–H and O–H groups in total. The van der Waals surface area contributed by atoms with E-state index in [-0.39, 0.29) is 0 Å². The molecule has 0 aromatic carbocycles. The Morgan fingerprint density at radius 2 is 2.30 bits per heavy atom. The van der Waals surface area contributed by atoms with Gasteiger partial charge in [0.1, 0.15) is 0 Å². The minimum atomic E-state index is -4.58. The molecule has 1 atom stereocenters. The summed E-state index contributed by atoms with van der Waals surface area (Å²) >= 11 is 0. The summed E-state index contributed by atoms with van der Waals surface area (Å²) in [6, 6.07) is 0. The molecule has 1 rings (SSSR count). The van der Waals surface area contributed by atoms with Crippen LogP contribution in [0.2, 0.25) is 0 Å². The molecule has 1 aliphatic rings. The van der Waals surface area contributed by atoms with Crippen molar-refractivity contribution in [2.45, 2.75) is 19.1 Å². The van der Waals surface area contributed by atoms with E-state index in [2.05, 4.69) is 4.18 Å². The Labute approximate surface area is 58.9 Å². The van der Waals surface area contributed by atoms with Crippen molar-refractivity contribution < 1.29 is 21.9 Å². The third-order valence-electron chi connectivity index (χ3n) is 1.11. The van der Waals surface area contributed by atoms with E-state index in [4.69, 9.17) is 4.74 Å². The molecule has 10 heavy (non-hydrogen) atoms. The van der Waals surface area contributed by atoms with Crippen molar-refractivity contribution in [3.63, 3.8) is 0 Å². The zero-order chi connectivity index (χ0) is 7.61. The molecule has 0 aliphatic carbocycles. The Balaban J connectivity index is 2.38. The van der Waals surface area contributed by atoms with Crippen LogP contribution < -0.4 is 0 Å². The standard InChI is InChI=1S/C4H8O5S/c5-10(6,7)9-4-2-1-3-8-4/h4H,1-3H2,(H,5,6,7)/p-1. The van der Waals surface area contributed by atoms with Crippen LogP contribution in [0.5, 0.6) is 0 Å². The fraction of sp³-hybridized carbons (Fsp3) is 1.00. The second kappa shape index (κ2) is 2.83. The van der Waals surface area contributed by atoms with E-state index in [1.54, 1.807) is 0 Å². The lowest BCUT2D eigenvalue weighted by molar-refractivity contribution is -0.0414. The number of hydrogen-bond acceptors (Lipinski definition) is 5. The number of hydrogen-bond donors (Lipinski definition) is 0. The van der Waals surface area contributed by atoms with Crippen molar-refractivity contribution >= 4 is 10.4 Å². The highest BCUT2D eigenvalue weighted by Gasteiger charge is 2.18. The Bertz CT molecular complexity index is 190. The average Bonchev–Trinajstić information content (AvgIpc) is 2.12. The molecule has 5 nitrogen and oxygen atoms in total. The molecule has 0 aromatic rings. The number of rotatable bonds is 2. The summed E-state index contributed by atoms with van der Waals surface area (Å²) in [7, 11) is -4.58. The van der Waals surface area contributed by atoms with Crippen LogP contribution in [0, 0.1) is 0 Å². The van der Waals surface area contributed by atoms with Crippen molar-refractivity contribution in [3.05, 3.63) is 0 Å². The van der Waals surface area contributed by atoms with E-state index >= 15 is 0 Å². The predicted molar refractivity (Wildman–Crippen MR) is 29.8 cm³/mol. The van der Waals surface area contributed by atoms with Gasteiger partial charge in [-0.15, -0.1) is 0 Å². The normalized spacial score (nSPS) is 27.1. The smallest absolute Gasteiger partial charge is 0.220 e. The zero-order valence-corrected chi connectivity index (χ0v) is 5.96. The van der Waals surface area contributed by atoms with Crippen molar-refractivity contribution in [3.8, 4) is 0 Å². The Morgan fingerprint density at radius 1 is 1.60 bits per heavy atom. The fourth-order valence-corrected chi connectivity index (χ4v) is 1.17. The summed E-state index contributed by atoms with van der Waals surface area (Å²) in [4.78, 5) is 0. The van der Waals surface area contributed by atoms with Crippen LogP contribution in [0.4, 0.5) is 0 Å². The van der Waals surface area contributed by atoms with E-state index in [1.165, 1.54) is 0 Å². The van der Waals surface area contributed by atoms with E-state index in [9.17, 15) is 13.0 Å². The molecule has 0 amide bonds. The molecule has 0 radical (unpaired) electrons. The lowest BCUT2D eigenvalue weighted by Crippen LogP contribution is -2.16. The third-order valence-corrected chi connectivity index (χ3v) is 1.56. The predicted octanol–water partition coefficient (Wildman–Crippen LogP) is -0.400. The summed E-state index contributed by atoms with van der Waals surface area (Å²) in [5.74, 6) is 0. The minimum absolute atomic E-state index is 0.459. The topological polar surface area (TPSA) is 75.7 Å². The summed E-state index contributed by atoms with van der Waals surface area (Å²) in [5, 5.41) is 0. The van der Waals surface area contributed by atoms with E-state index in [1.807, 2.05) is 0 Å². The molecule has 1 aliphatic heterocycles. The van der Waals surface area contributed by atoms with Gasteiger partial charge in [0.05, 0.1) is 0 Å². The van der Waals surface area contributed by atoms with Gasteiger partial charge in [0.25, 0.3) is 0 Å². The minimum Gasteiger partial charge on any atom is -0.725 e. The maximum Gasteiger partial charge on any atom is 0.220 e. The van der Waals surface area contributed by atoms with Crippen LogP contribution in [0.15, 0.2) is 0 Å². The molecule has 60 valence electrons. The number of ether oxygens (including phenoxy) is 1. The maximum absolute atomic E-state index is 9.93.